The molecule has 0 saturated carbocycles. The van der Waals surface area contributed by atoms with E-state index in [-0.39, 0.29) is 36.1 Å². The molecular formula is C25H40N4O6. The largest absolute Gasteiger partial charge is 0.461 e. The minimum atomic E-state index is -0.671. The van der Waals surface area contributed by atoms with Gasteiger partial charge in [0, 0.05) is 25.7 Å². The SMILES string of the molecule is CC1CC(C(=O)OC(C)CC(=O)N2CCCC2C(=O)N2CCCCC2C(=O)NC(C)C)N(C=O)C1. The molecule has 3 saturated heterocycles. The first-order valence-electron chi connectivity index (χ1n) is 12.9. The van der Waals surface area contributed by atoms with Crippen molar-refractivity contribution >= 4 is 30.1 Å². The second kappa shape index (κ2) is 11.9. The fourth-order valence-electron chi connectivity index (χ4n) is 5.47. The van der Waals surface area contributed by atoms with Gasteiger partial charge in [0.2, 0.25) is 24.1 Å². The maximum Gasteiger partial charge on any atom is 0.329 e. The first-order valence-corrected chi connectivity index (χ1v) is 12.9. The highest BCUT2D eigenvalue weighted by Gasteiger charge is 2.42. The van der Waals surface area contributed by atoms with E-state index in [0.29, 0.717) is 51.7 Å². The molecule has 0 aromatic carbocycles. The van der Waals surface area contributed by atoms with Crippen LogP contribution in [-0.2, 0) is 28.7 Å². The van der Waals surface area contributed by atoms with E-state index in [1.807, 2.05) is 20.8 Å². The van der Waals surface area contributed by atoms with Gasteiger partial charge < -0.3 is 24.8 Å². The molecule has 1 N–H and O–H groups in total. The van der Waals surface area contributed by atoms with Gasteiger partial charge in [0.15, 0.2) is 0 Å². The van der Waals surface area contributed by atoms with E-state index in [9.17, 15) is 24.0 Å². The predicted molar refractivity (Wildman–Crippen MR) is 128 cm³/mol. The number of carbonyl (C=O) groups excluding carboxylic acids is 5. The van der Waals surface area contributed by atoms with Crippen molar-refractivity contribution in [3.05, 3.63) is 0 Å². The molecule has 0 aromatic rings. The van der Waals surface area contributed by atoms with E-state index in [4.69, 9.17) is 4.74 Å². The Kier molecular flexibility index (Phi) is 9.13. The Morgan fingerprint density at radius 3 is 2.34 bits per heavy atom. The van der Waals surface area contributed by atoms with Gasteiger partial charge in [-0.15, -0.1) is 0 Å². The molecule has 35 heavy (non-hydrogen) atoms. The summed E-state index contributed by atoms with van der Waals surface area (Å²) in [6, 6.07) is -1.74. The third kappa shape index (κ3) is 6.52. The van der Waals surface area contributed by atoms with E-state index in [1.54, 1.807) is 16.7 Å². The van der Waals surface area contributed by atoms with Crippen LogP contribution in [-0.4, -0.2) is 94.7 Å². The van der Waals surface area contributed by atoms with Crippen LogP contribution < -0.4 is 5.32 Å². The maximum absolute atomic E-state index is 13.5. The van der Waals surface area contributed by atoms with E-state index >= 15 is 0 Å². The number of rotatable bonds is 8. The van der Waals surface area contributed by atoms with Crippen molar-refractivity contribution in [1.29, 1.82) is 0 Å². The van der Waals surface area contributed by atoms with Crippen LogP contribution in [0.25, 0.3) is 0 Å². The number of hydrogen-bond donors (Lipinski definition) is 1. The van der Waals surface area contributed by atoms with Gasteiger partial charge in [0.25, 0.3) is 0 Å². The highest BCUT2D eigenvalue weighted by molar-refractivity contribution is 5.93. The van der Waals surface area contributed by atoms with Crippen LogP contribution in [0.4, 0.5) is 0 Å². The lowest BCUT2D eigenvalue weighted by atomic mass is 9.99. The number of piperidine rings is 1. The minimum Gasteiger partial charge on any atom is -0.461 e. The van der Waals surface area contributed by atoms with Crippen LogP contribution in [0.1, 0.15) is 72.6 Å². The molecule has 4 amide bonds. The smallest absolute Gasteiger partial charge is 0.329 e. The molecule has 3 rings (SSSR count). The Morgan fingerprint density at radius 1 is 0.971 bits per heavy atom. The zero-order valence-corrected chi connectivity index (χ0v) is 21.4. The van der Waals surface area contributed by atoms with Crippen molar-refractivity contribution in [2.24, 2.45) is 5.92 Å². The Balaban J connectivity index is 1.59. The Morgan fingerprint density at radius 2 is 1.66 bits per heavy atom. The quantitative estimate of drug-likeness (QED) is 0.400. The van der Waals surface area contributed by atoms with Crippen LogP contribution in [0.3, 0.4) is 0 Å². The summed E-state index contributed by atoms with van der Waals surface area (Å²) in [7, 11) is 0. The molecule has 3 aliphatic rings. The zero-order chi connectivity index (χ0) is 25.7. The lowest BCUT2D eigenvalue weighted by Crippen LogP contribution is -2.57. The minimum absolute atomic E-state index is 0.0128. The normalized spacial score (nSPS) is 27.6. The third-order valence-corrected chi connectivity index (χ3v) is 7.11. The molecular weight excluding hydrogens is 452 g/mol. The van der Waals surface area contributed by atoms with Gasteiger partial charge in [-0.05, 0) is 65.2 Å². The topological polar surface area (TPSA) is 116 Å². The molecule has 5 unspecified atom stereocenters. The van der Waals surface area contributed by atoms with Crippen LogP contribution in [0.5, 0.6) is 0 Å². The number of nitrogens with one attached hydrogen (secondary N) is 1. The summed E-state index contributed by atoms with van der Waals surface area (Å²) in [6.07, 6.45) is 4.12. The van der Waals surface area contributed by atoms with E-state index < -0.39 is 30.2 Å². The first-order chi connectivity index (χ1) is 16.6. The van der Waals surface area contributed by atoms with Crippen molar-refractivity contribution in [1.82, 2.24) is 20.0 Å². The summed E-state index contributed by atoms with van der Waals surface area (Å²) in [4.78, 5) is 67.8. The third-order valence-electron chi connectivity index (χ3n) is 7.11. The number of likely N-dealkylation sites (tertiary alicyclic amines) is 3. The number of amides is 4. The zero-order valence-electron chi connectivity index (χ0n) is 21.4. The second-order valence-corrected chi connectivity index (χ2v) is 10.6. The maximum atomic E-state index is 13.5. The molecule has 0 aromatic heterocycles. The average Bonchev–Trinajstić information content (AvgIpc) is 3.44. The predicted octanol–water partition coefficient (Wildman–Crippen LogP) is 1.07. The van der Waals surface area contributed by atoms with Crippen LogP contribution in [0.2, 0.25) is 0 Å². The molecule has 196 valence electrons. The summed E-state index contributed by atoms with van der Waals surface area (Å²) in [5, 5.41) is 2.91. The first kappa shape index (κ1) is 26.9. The summed E-state index contributed by atoms with van der Waals surface area (Å²) >= 11 is 0. The van der Waals surface area contributed by atoms with Gasteiger partial charge in [-0.1, -0.05) is 6.92 Å². The number of carbonyl (C=O) groups is 5. The van der Waals surface area contributed by atoms with Gasteiger partial charge in [0.1, 0.15) is 24.2 Å². The molecule has 0 bridgehead atoms. The highest BCUT2D eigenvalue weighted by atomic mass is 16.5. The molecule has 0 aliphatic carbocycles. The summed E-state index contributed by atoms with van der Waals surface area (Å²) in [5.41, 5.74) is 0. The number of hydrogen-bond acceptors (Lipinski definition) is 6. The molecule has 0 spiro atoms. The fraction of sp³-hybridized carbons (Fsp3) is 0.800. The van der Waals surface area contributed by atoms with Crippen molar-refractivity contribution in [3.63, 3.8) is 0 Å². The summed E-state index contributed by atoms with van der Waals surface area (Å²) in [6.45, 7) is 8.90. The van der Waals surface area contributed by atoms with E-state index in [1.165, 1.54) is 4.90 Å². The molecule has 10 heteroatoms. The summed E-state index contributed by atoms with van der Waals surface area (Å²) in [5.74, 6) is -0.843. The number of nitrogens with zero attached hydrogens (tertiary/aromatic N) is 3. The van der Waals surface area contributed by atoms with Crippen LogP contribution in [0.15, 0.2) is 0 Å². The lowest BCUT2D eigenvalue weighted by Gasteiger charge is -2.38. The summed E-state index contributed by atoms with van der Waals surface area (Å²) < 4.78 is 5.51. The Hall–Kier alpha value is -2.65. The van der Waals surface area contributed by atoms with E-state index in [0.717, 1.165) is 12.8 Å². The molecule has 3 aliphatic heterocycles. The number of esters is 1. The van der Waals surface area contributed by atoms with Gasteiger partial charge in [-0.25, -0.2) is 4.79 Å². The standard InChI is InChI=1S/C25H40N4O6/c1-16(2)26-23(32)19-8-5-6-10-29(19)24(33)20-9-7-11-28(20)22(31)13-18(4)35-25(34)21-12-17(3)14-27(21)15-30/h15-21H,5-14H2,1-4H3,(H,26,32). The Bertz CT molecular complexity index is 818. The highest BCUT2D eigenvalue weighted by Crippen LogP contribution is 2.26. The lowest BCUT2D eigenvalue weighted by molar-refractivity contribution is -0.158. The van der Waals surface area contributed by atoms with E-state index in [2.05, 4.69) is 5.32 Å². The number of ether oxygens (including phenoxy) is 1. The van der Waals surface area contributed by atoms with Crippen molar-refractivity contribution in [3.8, 4) is 0 Å². The molecule has 3 fully saturated rings. The van der Waals surface area contributed by atoms with Gasteiger partial charge >= 0.3 is 5.97 Å². The van der Waals surface area contributed by atoms with Crippen molar-refractivity contribution in [2.45, 2.75) is 103 Å². The van der Waals surface area contributed by atoms with Crippen molar-refractivity contribution in [2.75, 3.05) is 19.6 Å². The Labute approximate surface area is 207 Å². The van der Waals surface area contributed by atoms with Gasteiger partial charge in [-0.2, -0.15) is 0 Å². The van der Waals surface area contributed by atoms with Gasteiger partial charge in [0.05, 0.1) is 6.42 Å². The monoisotopic (exact) mass is 492 g/mol. The van der Waals surface area contributed by atoms with Crippen LogP contribution in [0, 0.1) is 5.92 Å². The molecule has 3 heterocycles. The molecule has 10 nitrogen and oxygen atoms in total. The molecule has 5 atom stereocenters. The second-order valence-electron chi connectivity index (χ2n) is 10.6. The van der Waals surface area contributed by atoms with Gasteiger partial charge in [-0.3, -0.25) is 19.2 Å². The average molecular weight is 493 g/mol. The van der Waals surface area contributed by atoms with Crippen molar-refractivity contribution < 1.29 is 28.7 Å². The molecule has 0 radical (unpaired) electrons. The fourth-order valence-corrected chi connectivity index (χ4v) is 5.47. The van der Waals surface area contributed by atoms with Crippen LogP contribution >= 0.6 is 0 Å².